The molecule has 0 fully saturated rings. The van der Waals surface area contributed by atoms with E-state index in [4.69, 9.17) is 16.6 Å². The number of nitrogen functional groups attached to an aromatic ring is 2. The van der Waals surface area contributed by atoms with E-state index in [0.717, 1.165) is 22.5 Å². The monoisotopic (exact) mass is 496 g/mol. The zero-order valence-corrected chi connectivity index (χ0v) is 23.5. The third-order valence-electron chi connectivity index (χ3n) is 6.12. The minimum atomic E-state index is 0.144. The number of hydrogen-bond acceptors (Lipinski definition) is 3. The summed E-state index contributed by atoms with van der Waals surface area (Å²) in [5.74, 6) is 0.440. The molecule has 37 heavy (non-hydrogen) atoms. The fourth-order valence-corrected chi connectivity index (χ4v) is 3.75. The quantitative estimate of drug-likeness (QED) is 0.249. The van der Waals surface area contributed by atoms with Crippen LogP contribution in [0.2, 0.25) is 0 Å². The highest BCUT2D eigenvalue weighted by molar-refractivity contribution is 5.79. The second-order valence-electron chi connectivity index (χ2n) is 10.8. The molecule has 0 heterocycles. The van der Waals surface area contributed by atoms with Crippen LogP contribution in [-0.2, 0) is 5.41 Å². The lowest BCUT2D eigenvalue weighted by Gasteiger charge is -2.21. The predicted octanol–water partition coefficient (Wildman–Crippen LogP) is 8.42. The topological polar surface area (TPSA) is 72.3 Å². The third kappa shape index (κ3) is 8.80. The molecule has 5 N–H and O–H groups in total. The van der Waals surface area contributed by atoms with Crippen molar-refractivity contribution in [3.8, 4) is 22.3 Å². The van der Waals surface area contributed by atoms with E-state index in [1.54, 1.807) is 0 Å². The Hall–Kier alpha value is -3.56. The number of anilines is 2. The molecule has 0 saturated heterocycles. The first-order chi connectivity index (χ1) is 17.5. The lowest BCUT2D eigenvalue weighted by atomic mass is 9.84. The van der Waals surface area contributed by atoms with Gasteiger partial charge in [0.05, 0.1) is 0 Å². The van der Waals surface area contributed by atoms with Crippen molar-refractivity contribution < 1.29 is 5.11 Å². The number of para-hydroxylation sites is 1. The summed E-state index contributed by atoms with van der Waals surface area (Å²) in [6.45, 7) is 15.1. The highest BCUT2D eigenvalue weighted by Gasteiger charge is 2.16. The van der Waals surface area contributed by atoms with Crippen LogP contribution in [0.15, 0.2) is 91.0 Å². The van der Waals surface area contributed by atoms with E-state index in [1.165, 1.54) is 27.8 Å². The molecule has 4 rings (SSSR count). The van der Waals surface area contributed by atoms with Crippen LogP contribution in [-0.4, -0.2) is 11.7 Å². The number of aryl methyl sites for hydroxylation is 2. The van der Waals surface area contributed by atoms with Crippen molar-refractivity contribution in [3.63, 3.8) is 0 Å². The van der Waals surface area contributed by atoms with Gasteiger partial charge in [-0.25, -0.2) is 0 Å². The standard InChI is InChI=1S/C17H21N.C13H13N.C4H10O/c1-12-7-5-6-8-14(12)15-11-13(17(2,3)4)9-10-16(15)18;1-10-6-2-3-7-11(10)12-8-4-5-9-13(12)14;1-4(2)3-5/h5-11H,18H2,1-4H3;2-9H,14H2,1H3;4-5H,3H2,1-2H3. The van der Waals surface area contributed by atoms with Gasteiger partial charge in [-0.05, 0) is 71.2 Å². The van der Waals surface area contributed by atoms with Gasteiger partial charge in [0.1, 0.15) is 0 Å². The van der Waals surface area contributed by atoms with Gasteiger partial charge >= 0.3 is 0 Å². The summed E-state index contributed by atoms with van der Waals surface area (Å²) in [6, 6.07) is 31.0. The van der Waals surface area contributed by atoms with Gasteiger partial charge in [-0.3, -0.25) is 0 Å². The van der Waals surface area contributed by atoms with E-state index in [2.05, 4.69) is 89.2 Å². The molecule has 3 nitrogen and oxygen atoms in total. The summed E-state index contributed by atoms with van der Waals surface area (Å²) in [4.78, 5) is 0. The van der Waals surface area contributed by atoms with E-state index >= 15 is 0 Å². The van der Waals surface area contributed by atoms with Crippen LogP contribution < -0.4 is 11.5 Å². The normalized spacial score (nSPS) is 10.7. The van der Waals surface area contributed by atoms with E-state index in [9.17, 15) is 0 Å². The maximum absolute atomic E-state index is 8.14. The molecule has 0 unspecified atom stereocenters. The van der Waals surface area contributed by atoms with Gasteiger partial charge in [-0.1, -0.05) is 107 Å². The Morgan fingerprint density at radius 2 is 1.03 bits per heavy atom. The number of hydrogen-bond donors (Lipinski definition) is 3. The summed E-state index contributed by atoms with van der Waals surface area (Å²) in [5, 5.41) is 8.14. The molecule has 4 aromatic carbocycles. The van der Waals surface area contributed by atoms with Crippen molar-refractivity contribution in [1.29, 1.82) is 0 Å². The molecule has 0 radical (unpaired) electrons. The van der Waals surface area contributed by atoms with E-state index in [-0.39, 0.29) is 5.41 Å². The minimum Gasteiger partial charge on any atom is -0.398 e. The van der Waals surface area contributed by atoms with Crippen molar-refractivity contribution in [2.24, 2.45) is 5.92 Å². The van der Waals surface area contributed by atoms with Crippen molar-refractivity contribution in [1.82, 2.24) is 0 Å². The van der Waals surface area contributed by atoms with Crippen LogP contribution in [0.4, 0.5) is 11.4 Å². The molecular weight excluding hydrogens is 452 g/mol. The van der Waals surface area contributed by atoms with Gasteiger partial charge in [0.15, 0.2) is 0 Å². The van der Waals surface area contributed by atoms with Gasteiger partial charge in [-0.15, -0.1) is 0 Å². The zero-order chi connectivity index (χ0) is 27.6. The molecule has 196 valence electrons. The van der Waals surface area contributed by atoms with Crippen LogP contribution in [0.1, 0.15) is 51.3 Å². The number of rotatable bonds is 3. The Labute approximate surface area is 224 Å². The number of benzene rings is 4. The van der Waals surface area contributed by atoms with Gasteiger partial charge in [-0.2, -0.15) is 0 Å². The van der Waals surface area contributed by atoms with Crippen molar-refractivity contribution in [3.05, 3.63) is 108 Å². The lowest BCUT2D eigenvalue weighted by molar-refractivity contribution is 0.248. The van der Waals surface area contributed by atoms with Crippen LogP contribution in [0, 0.1) is 19.8 Å². The molecule has 0 aliphatic rings. The van der Waals surface area contributed by atoms with Gasteiger partial charge in [0.2, 0.25) is 0 Å². The Bertz CT molecular complexity index is 1230. The fourth-order valence-electron chi connectivity index (χ4n) is 3.75. The molecular formula is C34H44N2O. The maximum atomic E-state index is 8.14. The largest absolute Gasteiger partial charge is 0.398 e. The van der Waals surface area contributed by atoms with Gasteiger partial charge in [0, 0.05) is 29.1 Å². The van der Waals surface area contributed by atoms with Crippen molar-refractivity contribution >= 4 is 11.4 Å². The first-order valence-electron chi connectivity index (χ1n) is 12.9. The predicted molar refractivity (Wildman–Crippen MR) is 163 cm³/mol. The van der Waals surface area contributed by atoms with E-state index in [0.29, 0.717) is 12.5 Å². The first kappa shape index (κ1) is 29.7. The molecule has 0 atom stereocenters. The van der Waals surface area contributed by atoms with Crippen LogP contribution in [0.5, 0.6) is 0 Å². The average molecular weight is 497 g/mol. The zero-order valence-electron chi connectivity index (χ0n) is 23.5. The highest BCUT2D eigenvalue weighted by Crippen LogP contribution is 2.33. The molecule has 0 amide bonds. The summed E-state index contributed by atoms with van der Waals surface area (Å²) in [6.07, 6.45) is 0. The second-order valence-corrected chi connectivity index (χ2v) is 10.8. The first-order valence-corrected chi connectivity index (χ1v) is 12.9. The molecule has 3 heteroatoms. The molecule has 0 aromatic heterocycles. The van der Waals surface area contributed by atoms with E-state index in [1.807, 2.05) is 50.2 Å². The Morgan fingerprint density at radius 1 is 0.622 bits per heavy atom. The summed E-state index contributed by atoms with van der Waals surface area (Å²) in [7, 11) is 0. The molecule has 0 bridgehead atoms. The van der Waals surface area contributed by atoms with Crippen LogP contribution >= 0.6 is 0 Å². The molecule has 4 aromatic rings. The van der Waals surface area contributed by atoms with Crippen LogP contribution in [0.3, 0.4) is 0 Å². The number of aliphatic hydroxyl groups excluding tert-OH is 1. The SMILES string of the molecule is CC(C)CO.Cc1ccccc1-c1cc(C(C)(C)C)ccc1N.Cc1ccccc1-c1ccccc1N. The van der Waals surface area contributed by atoms with Crippen LogP contribution in [0.25, 0.3) is 22.3 Å². The van der Waals surface area contributed by atoms with Gasteiger partial charge < -0.3 is 16.6 Å². The lowest BCUT2D eigenvalue weighted by Crippen LogP contribution is -2.11. The Kier molecular flexibility index (Phi) is 11.0. The number of nitrogens with two attached hydrogens (primary N) is 2. The average Bonchev–Trinajstić information content (AvgIpc) is 2.86. The third-order valence-corrected chi connectivity index (χ3v) is 6.12. The fraction of sp³-hybridized carbons (Fsp3) is 0.294. The number of aliphatic hydroxyl groups is 1. The smallest absolute Gasteiger partial charge is 0.0453 e. The second kappa shape index (κ2) is 13.7. The minimum absolute atomic E-state index is 0.144. The summed E-state index contributed by atoms with van der Waals surface area (Å²) < 4.78 is 0. The Balaban J connectivity index is 0.000000225. The molecule has 0 aliphatic carbocycles. The van der Waals surface area contributed by atoms with Crippen molar-refractivity contribution in [2.75, 3.05) is 18.1 Å². The van der Waals surface area contributed by atoms with Crippen molar-refractivity contribution in [2.45, 2.75) is 53.9 Å². The molecule has 0 spiro atoms. The molecule has 0 aliphatic heterocycles. The highest BCUT2D eigenvalue weighted by atomic mass is 16.3. The van der Waals surface area contributed by atoms with E-state index < -0.39 is 0 Å². The Morgan fingerprint density at radius 3 is 1.46 bits per heavy atom. The molecule has 0 saturated carbocycles. The summed E-state index contributed by atoms with van der Waals surface area (Å²) in [5.41, 5.74) is 22.4. The maximum Gasteiger partial charge on any atom is 0.0453 e. The summed E-state index contributed by atoms with van der Waals surface area (Å²) >= 11 is 0. The van der Waals surface area contributed by atoms with Gasteiger partial charge in [0.25, 0.3) is 0 Å².